The van der Waals surface area contributed by atoms with Crippen LogP contribution in [0.1, 0.15) is 29.9 Å². The number of benzene rings is 2. The van der Waals surface area contributed by atoms with Gasteiger partial charge in [-0.25, -0.2) is 18.4 Å². The van der Waals surface area contributed by atoms with Gasteiger partial charge in [-0.05, 0) is 28.7 Å². The molecule has 0 saturated carbocycles. The number of aliphatic carboxylic acids is 1. The van der Waals surface area contributed by atoms with E-state index in [-0.39, 0.29) is 25.6 Å². The van der Waals surface area contributed by atoms with Crippen molar-refractivity contribution in [3.05, 3.63) is 59.7 Å². The summed E-state index contributed by atoms with van der Waals surface area (Å²) in [5.74, 6) is -2.59. The zero-order valence-electron chi connectivity index (χ0n) is 18.1. The second-order valence-electron chi connectivity index (χ2n) is 8.18. The molecule has 3 N–H and O–H groups in total. The summed E-state index contributed by atoms with van der Waals surface area (Å²) in [5.41, 5.74) is 4.28. The number of hydrogen-bond donors (Lipinski definition) is 3. The Morgan fingerprint density at radius 3 is 2.26 bits per heavy atom. The molecule has 0 bridgehead atoms. The van der Waals surface area contributed by atoms with Crippen molar-refractivity contribution in [1.82, 2.24) is 10.6 Å². The average Bonchev–Trinajstić information content (AvgIpc) is 3.39. The largest absolute Gasteiger partial charge is 0.480 e. The number of halogens is 2. The van der Waals surface area contributed by atoms with Crippen molar-refractivity contribution in [3.63, 3.8) is 0 Å². The molecule has 3 atom stereocenters. The van der Waals surface area contributed by atoms with E-state index in [2.05, 4.69) is 10.6 Å². The molecule has 180 valence electrons. The van der Waals surface area contributed by atoms with E-state index in [0.717, 1.165) is 22.3 Å². The molecule has 1 fully saturated rings. The van der Waals surface area contributed by atoms with Crippen molar-refractivity contribution in [2.45, 2.75) is 43.4 Å². The van der Waals surface area contributed by atoms with Crippen LogP contribution in [0.2, 0.25) is 0 Å². The number of carboxylic acid groups (broad SMARTS) is 1. The van der Waals surface area contributed by atoms with E-state index in [1.165, 1.54) is 0 Å². The molecule has 34 heavy (non-hydrogen) atoms. The lowest BCUT2D eigenvalue weighted by Crippen LogP contribution is -2.52. The van der Waals surface area contributed by atoms with Gasteiger partial charge in [-0.1, -0.05) is 48.5 Å². The first-order chi connectivity index (χ1) is 16.3. The maximum atomic E-state index is 12.6. The van der Waals surface area contributed by atoms with Crippen LogP contribution in [0.25, 0.3) is 11.1 Å². The smallest absolute Gasteiger partial charge is 0.407 e. The minimum absolute atomic E-state index is 0.0831. The molecule has 0 spiro atoms. The molecule has 1 heterocycles. The Morgan fingerprint density at radius 1 is 1.06 bits per heavy atom. The molecule has 2 amide bonds. The van der Waals surface area contributed by atoms with Crippen molar-refractivity contribution in [3.8, 4) is 11.1 Å². The van der Waals surface area contributed by atoms with Gasteiger partial charge in [-0.2, -0.15) is 0 Å². The summed E-state index contributed by atoms with van der Waals surface area (Å²) in [7, 11) is 0. The third-order valence-corrected chi connectivity index (χ3v) is 6.03. The number of hydrogen-bond acceptors (Lipinski definition) is 5. The molecule has 1 saturated heterocycles. The van der Waals surface area contributed by atoms with Crippen LogP contribution < -0.4 is 10.6 Å². The molecule has 4 rings (SSSR count). The normalized spacial score (nSPS) is 19.9. The summed E-state index contributed by atoms with van der Waals surface area (Å²) in [6.45, 7) is 0.221. The number of nitrogens with one attached hydrogen (secondary N) is 2. The van der Waals surface area contributed by atoms with Crippen molar-refractivity contribution >= 4 is 18.0 Å². The van der Waals surface area contributed by atoms with Gasteiger partial charge in [0.15, 0.2) is 6.10 Å². The lowest BCUT2D eigenvalue weighted by Gasteiger charge is -2.22. The second-order valence-corrected chi connectivity index (χ2v) is 8.18. The molecule has 1 aliphatic carbocycles. The molecular formula is C24H24F2N2O6. The van der Waals surface area contributed by atoms with Gasteiger partial charge >= 0.3 is 12.1 Å². The molecule has 8 nitrogen and oxygen atoms in total. The van der Waals surface area contributed by atoms with Crippen molar-refractivity contribution in [2.24, 2.45) is 0 Å². The number of carbonyl (C=O) groups excluding carboxylic acids is 2. The average molecular weight is 474 g/mol. The summed E-state index contributed by atoms with van der Waals surface area (Å²) in [6, 6.07) is 13.2. The third-order valence-electron chi connectivity index (χ3n) is 6.03. The zero-order chi connectivity index (χ0) is 24.2. The standard InChI is InChI=1S/C24H24F2N2O6/c25-20(26)11-19(23(30)31)27-22(29)21-18(9-10-33-21)28-24(32)34-12-17-15-7-3-1-5-13(15)14-6-2-4-8-16(14)17/h1-8,17-21H,9-12H2,(H,27,29)(H,28,32)(H,30,31)/t18-,19?,21+/m1/s1. The molecular weight excluding hydrogens is 450 g/mol. The van der Waals surface area contributed by atoms with Gasteiger partial charge in [-0.15, -0.1) is 0 Å². The number of amides is 2. The predicted molar refractivity (Wildman–Crippen MR) is 117 cm³/mol. The van der Waals surface area contributed by atoms with Crippen LogP contribution in [0.4, 0.5) is 13.6 Å². The number of alkyl halides is 2. The quantitative estimate of drug-likeness (QED) is 0.542. The van der Waals surface area contributed by atoms with Crippen LogP contribution in [-0.2, 0) is 19.1 Å². The highest BCUT2D eigenvalue weighted by molar-refractivity contribution is 5.87. The Hall–Kier alpha value is -3.53. The molecule has 1 aliphatic heterocycles. The van der Waals surface area contributed by atoms with Gasteiger partial charge in [0, 0.05) is 18.9 Å². The van der Waals surface area contributed by atoms with Crippen LogP contribution >= 0.6 is 0 Å². The SMILES string of the molecule is O=C(N[C@@H]1CCO[C@@H]1C(=O)NC(CC(F)F)C(=O)O)OCC1c2ccccc2-c2ccccc21. The van der Waals surface area contributed by atoms with E-state index in [9.17, 15) is 23.2 Å². The fourth-order valence-corrected chi connectivity index (χ4v) is 4.44. The van der Waals surface area contributed by atoms with E-state index in [0.29, 0.717) is 0 Å². The maximum Gasteiger partial charge on any atom is 0.407 e. The molecule has 0 radical (unpaired) electrons. The van der Waals surface area contributed by atoms with Crippen molar-refractivity contribution < 1.29 is 37.7 Å². The first kappa shape index (κ1) is 23.6. The van der Waals surface area contributed by atoms with E-state index in [1.807, 2.05) is 48.5 Å². The van der Waals surface area contributed by atoms with Gasteiger partial charge in [0.05, 0.1) is 6.04 Å². The number of ether oxygens (including phenoxy) is 2. The summed E-state index contributed by atoms with van der Waals surface area (Å²) >= 11 is 0. The van der Waals surface area contributed by atoms with E-state index in [1.54, 1.807) is 0 Å². The third kappa shape index (κ3) is 5.01. The fourth-order valence-electron chi connectivity index (χ4n) is 4.44. The number of fused-ring (bicyclic) bond motifs is 3. The van der Waals surface area contributed by atoms with Gasteiger partial charge in [0.2, 0.25) is 6.43 Å². The summed E-state index contributed by atoms with van der Waals surface area (Å²) in [5, 5.41) is 13.7. The van der Waals surface area contributed by atoms with Crippen LogP contribution in [0.15, 0.2) is 48.5 Å². The number of carbonyl (C=O) groups is 3. The molecule has 10 heteroatoms. The Labute approximate surface area is 194 Å². The summed E-state index contributed by atoms with van der Waals surface area (Å²) < 4.78 is 36.0. The summed E-state index contributed by atoms with van der Waals surface area (Å²) in [6.07, 6.45) is -5.61. The lowest BCUT2D eigenvalue weighted by molar-refractivity contribution is -0.145. The maximum absolute atomic E-state index is 12.6. The van der Waals surface area contributed by atoms with E-state index in [4.69, 9.17) is 14.6 Å². The first-order valence-corrected chi connectivity index (χ1v) is 10.9. The van der Waals surface area contributed by atoms with Crippen LogP contribution in [0.3, 0.4) is 0 Å². The van der Waals surface area contributed by atoms with Crippen molar-refractivity contribution in [2.75, 3.05) is 13.2 Å². The predicted octanol–water partition coefficient (Wildman–Crippen LogP) is 2.91. The van der Waals surface area contributed by atoms with E-state index < -0.39 is 49.0 Å². The number of rotatable bonds is 8. The Bertz CT molecular complexity index is 1030. The van der Waals surface area contributed by atoms with Crippen LogP contribution in [-0.4, -0.2) is 60.9 Å². The minimum atomic E-state index is -2.90. The topological polar surface area (TPSA) is 114 Å². The molecule has 0 aromatic heterocycles. The fraction of sp³-hybridized carbons (Fsp3) is 0.375. The lowest BCUT2D eigenvalue weighted by atomic mass is 9.98. The van der Waals surface area contributed by atoms with Crippen LogP contribution in [0.5, 0.6) is 0 Å². The highest BCUT2D eigenvalue weighted by Crippen LogP contribution is 2.44. The van der Waals surface area contributed by atoms with E-state index >= 15 is 0 Å². The number of carboxylic acids is 1. The van der Waals surface area contributed by atoms with Gasteiger partial charge in [-0.3, -0.25) is 4.79 Å². The highest BCUT2D eigenvalue weighted by Gasteiger charge is 2.38. The number of alkyl carbamates (subject to hydrolysis) is 1. The zero-order valence-corrected chi connectivity index (χ0v) is 18.1. The Balaban J connectivity index is 1.36. The highest BCUT2D eigenvalue weighted by atomic mass is 19.3. The minimum Gasteiger partial charge on any atom is -0.480 e. The Morgan fingerprint density at radius 2 is 1.68 bits per heavy atom. The summed E-state index contributed by atoms with van der Waals surface area (Å²) in [4.78, 5) is 36.1. The molecule has 2 aromatic carbocycles. The molecule has 2 aliphatic rings. The van der Waals surface area contributed by atoms with Gasteiger partial charge in [0.25, 0.3) is 5.91 Å². The van der Waals surface area contributed by atoms with Crippen molar-refractivity contribution in [1.29, 1.82) is 0 Å². The van der Waals surface area contributed by atoms with Crippen LogP contribution in [0, 0.1) is 0 Å². The first-order valence-electron chi connectivity index (χ1n) is 10.9. The Kier molecular flexibility index (Phi) is 7.06. The molecule has 2 aromatic rings. The molecule has 1 unspecified atom stereocenters. The van der Waals surface area contributed by atoms with Gasteiger partial charge in [0.1, 0.15) is 12.6 Å². The monoisotopic (exact) mass is 474 g/mol. The van der Waals surface area contributed by atoms with Gasteiger partial charge < -0.3 is 25.2 Å². The second kappa shape index (κ2) is 10.2.